The third-order valence-corrected chi connectivity index (χ3v) is 3.56. The van der Waals surface area contributed by atoms with Gasteiger partial charge in [0.05, 0.1) is 12.0 Å². The third-order valence-electron chi connectivity index (χ3n) is 3.56. The average molecular weight is 258 g/mol. The summed E-state index contributed by atoms with van der Waals surface area (Å²) in [5, 5.41) is 23.4. The van der Waals surface area contributed by atoms with Crippen LogP contribution in [0.5, 0.6) is 0 Å². The van der Waals surface area contributed by atoms with Crippen molar-refractivity contribution in [2.75, 3.05) is 19.7 Å². The van der Waals surface area contributed by atoms with Crippen molar-refractivity contribution in [2.24, 2.45) is 5.41 Å². The number of hydrogen-bond donors (Lipinski definition) is 4. The summed E-state index contributed by atoms with van der Waals surface area (Å²) in [7, 11) is 0. The number of hydrogen-bond acceptors (Lipinski definition) is 4. The normalized spacial score (nSPS) is 20.1. The van der Waals surface area contributed by atoms with Crippen molar-refractivity contribution < 1.29 is 19.8 Å². The zero-order valence-corrected chi connectivity index (χ0v) is 10.7. The number of carbonyl (C=O) groups excluding carboxylic acids is 1. The number of nitrogens with one attached hydrogen (secondary N) is 2. The Balaban J connectivity index is 2.73. The smallest absolute Gasteiger partial charge is 0.328 e. The molecule has 0 aromatic rings. The van der Waals surface area contributed by atoms with Crippen LogP contribution in [0.4, 0.5) is 0 Å². The zero-order chi connectivity index (χ0) is 13.6. The van der Waals surface area contributed by atoms with Crippen LogP contribution in [-0.4, -0.2) is 47.8 Å². The van der Waals surface area contributed by atoms with Crippen LogP contribution in [-0.2, 0) is 9.59 Å². The second-order valence-electron chi connectivity index (χ2n) is 4.83. The van der Waals surface area contributed by atoms with Crippen molar-refractivity contribution >= 4 is 11.9 Å². The van der Waals surface area contributed by atoms with Gasteiger partial charge in [-0.15, -0.1) is 0 Å². The van der Waals surface area contributed by atoms with Crippen molar-refractivity contribution in [3.63, 3.8) is 0 Å². The predicted octanol–water partition coefficient (Wildman–Crippen LogP) is -0.282. The van der Waals surface area contributed by atoms with Crippen LogP contribution >= 0.6 is 0 Å². The third kappa shape index (κ3) is 3.43. The zero-order valence-electron chi connectivity index (χ0n) is 10.7. The van der Waals surface area contributed by atoms with Crippen LogP contribution in [0, 0.1) is 5.41 Å². The van der Waals surface area contributed by atoms with Gasteiger partial charge in [0.2, 0.25) is 5.91 Å². The molecule has 1 atom stereocenters. The lowest BCUT2D eigenvalue weighted by molar-refractivity contribution is -0.145. The van der Waals surface area contributed by atoms with Crippen molar-refractivity contribution in [2.45, 2.75) is 38.6 Å². The summed E-state index contributed by atoms with van der Waals surface area (Å²) in [6.45, 7) is 2.97. The minimum Gasteiger partial charge on any atom is -0.480 e. The van der Waals surface area contributed by atoms with Gasteiger partial charge >= 0.3 is 5.97 Å². The molecule has 1 aliphatic heterocycles. The number of carboxylic acids is 1. The maximum absolute atomic E-state index is 12.3. The molecule has 0 unspecified atom stereocenters. The molecule has 104 valence electrons. The molecule has 0 aromatic heterocycles. The van der Waals surface area contributed by atoms with Crippen molar-refractivity contribution in [1.82, 2.24) is 10.6 Å². The van der Waals surface area contributed by atoms with Gasteiger partial charge in [-0.05, 0) is 32.4 Å². The molecule has 4 N–H and O–H groups in total. The second kappa shape index (κ2) is 6.70. The molecule has 1 rings (SSSR count). The number of rotatable bonds is 6. The van der Waals surface area contributed by atoms with Gasteiger partial charge in [-0.3, -0.25) is 4.79 Å². The second-order valence-corrected chi connectivity index (χ2v) is 4.83. The van der Waals surface area contributed by atoms with Crippen LogP contribution in [0.1, 0.15) is 32.6 Å². The highest BCUT2D eigenvalue weighted by Crippen LogP contribution is 2.34. The number of aliphatic hydroxyl groups excluding tert-OH is 1. The molecule has 1 amide bonds. The predicted molar refractivity (Wildman–Crippen MR) is 66.1 cm³/mol. The molecule has 1 fully saturated rings. The number of carboxylic acid groups (broad SMARTS) is 1. The first-order chi connectivity index (χ1) is 8.55. The van der Waals surface area contributed by atoms with E-state index in [-0.39, 0.29) is 5.91 Å². The fourth-order valence-corrected chi connectivity index (χ4v) is 2.47. The van der Waals surface area contributed by atoms with E-state index >= 15 is 0 Å². The molecule has 0 bridgehead atoms. The Morgan fingerprint density at radius 1 is 1.39 bits per heavy atom. The number of aliphatic carboxylic acids is 1. The molecule has 6 heteroatoms. The van der Waals surface area contributed by atoms with E-state index in [2.05, 4.69) is 10.6 Å². The largest absolute Gasteiger partial charge is 0.480 e. The molecule has 18 heavy (non-hydrogen) atoms. The number of aliphatic hydroxyl groups is 1. The van der Waals surface area contributed by atoms with E-state index in [1.165, 1.54) is 0 Å². The first-order valence-corrected chi connectivity index (χ1v) is 6.41. The van der Waals surface area contributed by atoms with Gasteiger partial charge in [-0.25, -0.2) is 4.79 Å². The Morgan fingerprint density at radius 2 is 2.00 bits per heavy atom. The van der Waals surface area contributed by atoms with Crippen molar-refractivity contribution in [3.8, 4) is 0 Å². The SMILES string of the molecule is CCCC1(C(=O)N[C@H](CO)C(=O)O)CCNCC1. The summed E-state index contributed by atoms with van der Waals surface area (Å²) in [5.41, 5.74) is -0.483. The van der Waals surface area contributed by atoms with Gasteiger partial charge in [0.15, 0.2) is 0 Å². The lowest BCUT2D eigenvalue weighted by atomic mass is 9.74. The van der Waals surface area contributed by atoms with Gasteiger partial charge in [0.25, 0.3) is 0 Å². The molecule has 0 aromatic carbocycles. The maximum atomic E-state index is 12.3. The summed E-state index contributed by atoms with van der Waals surface area (Å²) in [6, 6.07) is -1.21. The number of amides is 1. The van der Waals surface area contributed by atoms with E-state index in [9.17, 15) is 9.59 Å². The van der Waals surface area contributed by atoms with Crippen molar-refractivity contribution in [3.05, 3.63) is 0 Å². The fourth-order valence-electron chi connectivity index (χ4n) is 2.47. The van der Waals surface area contributed by atoms with E-state index in [0.29, 0.717) is 12.8 Å². The van der Waals surface area contributed by atoms with Crippen LogP contribution in [0.25, 0.3) is 0 Å². The quantitative estimate of drug-likeness (QED) is 0.525. The van der Waals surface area contributed by atoms with E-state index in [1.54, 1.807) is 0 Å². The Labute approximate surface area is 107 Å². The molecule has 0 aliphatic carbocycles. The van der Waals surface area contributed by atoms with E-state index in [1.807, 2.05) is 6.92 Å². The Morgan fingerprint density at radius 3 is 2.44 bits per heavy atom. The van der Waals surface area contributed by atoms with Crippen LogP contribution in [0.3, 0.4) is 0 Å². The standard InChI is InChI=1S/C12H22N2O4/c1-2-3-12(4-6-13-7-5-12)11(18)14-9(8-15)10(16)17/h9,13,15H,2-8H2,1H3,(H,14,18)(H,16,17)/t9-/m1/s1. The topological polar surface area (TPSA) is 98.7 Å². The average Bonchev–Trinajstić information content (AvgIpc) is 2.36. The van der Waals surface area contributed by atoms with Gasteiger partial charge in [-0.2, -0.15) is 0 Å². The van der Waals surface area contributed by atoms with Gasteiger partial charge in [-0.1, -0.05) is 13.3 Å². The van der Waals surface area contributed by atoms with E-state index in [4.69, 9.17) is 10.2 Å². The van der Waals surface area contributed by atoms with E-state index < -0.39 is 24.0 Å². The summed E-state index contributed by atoms with van der Waals surface area (Å²) < 4.78 is 0. The minimum absolute atomic E-state index is 0.243. The molecule has 1 aliphatic rings. The lowest BCUT2D eigenvalue weighted by Gasteiger charge is -2.36. The molecule has 0 radical (unpaired) electrons. The Bertz CT molecular complexity index is 295. The Kier molecular flexibility index (Phi) is 5.55. The molecular formula is C12H22N2O4. The van der Waals surface area contributed by atoms with Gasteiger partial charge in [0.1, 0.15) is 6.04 Å². The highest BCUT2D eigenvalue weighted by molar-refractivity contribution is 5.87. The molecule has 0 spiro atoms. The van der Waals surface area contributed by atoms with Gasteiger partial charge in [0, 0.05) is 0 Å². The van der Waals surface area contributed by atoms with E-state index in [0.717, 1.165) is 25.9 Å². The van der Waals surface area contributed by atoms with Gasteiger partial charge < -0.3 is 20.8 Å². The minimum atomic E-state index is -1.21. The Hall–Kier alpha value is -1.14. The molecule has 6 nitrogen and oxygen atoms in total. The molecular weight excluding hydrogens is 236 g/mol. The molecule has 1 heterocycles. The number of carbonyl (C=O) groups is 2. The maximum Gasteiger partial charge on any atom is 0.328 e. The first kappa shape index (κ1) is 14.9. The first-order valence-electron chi connectivity index (χ1n) is 6.41. The lowest BCUT2D eigenvalue weighted by Crippen LogP contribution is -2.53. The van der Waals surface area contributed by atoms with Crippen LogP contribution < -0.4 is 10.6 Å². The summed E-state index contributed by atoms with van der Waals surface area (Å²) in [6.07, 6.45) is 3.05. The van der Waals surface area contributed by atoms with Crippen molar-refractivity contribution in [1.29, 1.82) is 0 Å². The summed E-state index contributed by atoms with van der Waals surface area (Å²) >= 11 is 0. The summed E-state index contributed by atoms with van der Waals surface area (Å²) in [4.78, 5) is 23.1. The van der Waals surface area contributed by atoms with Crippen LogP contribution in [0.15, 0.2) is 0 Å². The molecule has 1 saturated heterocycles. The monoisotopic (exact) mass is 258 g/mol. The fraction of sp³-hybridized carbons (Fsp3) is 0.833. The van der Waals surface area contributed by atoms with Crippen LogP contribution in [0.2, 0.25) is 0 Å². The highest BCUT2D eigenvalue weighted by atomic mass is 16.4. The number of piperidine rings is 1. The molecule has 0 saturated carbocycles. The summed E-state index contributed by atoms with van der Waals surface area (Å²) in [5.74, 6) is -1.45. The highest BCUT2D eigenvalue weighted by Gasteiger charge is 2.39.